The lowest BCUT2D eigenvalue weighted by molar-refractivity contribution is 0.612. The monoisotopic (exact) mass is 361 g/mol. The van der Waals surface area contributed by atoms with Crippen molar-refractivity contribution in [3.63, 3.8) is 0 Å². The van der Waals surface area contributed by atoms with Gasteiger partial charge in [-0.05, 0) is 30.2 Å². The highest BCUT2D eigenvalue weighted by molar-refractivity contribution is 6.43. The molecule has 1 N–H and O–H groups in total. The molecule has 122 valence electrons. The molecule has 0 radical (unpaired) electrons. The number of hydrogen-bond acceptors (Lipinski definition) is 2. The highest BCUT2D eigenvalue weighted by Gasteiger charge is 2.24. The summed E-state index contributed by atoms with van der Waals surface area (Å²) in [7, 11) is 0. The average molecular weight is 362 g/mol. The first-order valence-electron chi connectivity index (χ1n) is 7.67. The summed E-state index contributed by atoms with van der Waals surface area (Å²) in [5, 5.41) is 8.96. The first kappa shape index (κ1) is 15.5. The van der Waals surface area contributed by atoms with Gasteiger partial charge in [0.1, 0.15) is 11.6 Å². The molecular formula is C18H14Cl2FN3. The Bertz CT molecular complexity index is 921. The van der Waals surface area contributed by atoms with Crippen LogP contribution in [-0.4, -0.2) is 16.3 Å². The zero-order chi connectivity index (χ0) is 16.7. The lowest BCUT2D eigenvalue weighted by Crippen LogP contribution is -2.06. The van der Waals surface area contributed by atoms with Crippen molar-refractivity contribution in [3.05, 3.63) is 75.1 Å². The molecule has 0 spiro atoms. The zero-order valence-corrected chi connectivity index (χ0v) is 14.2. The summed E-state index contributed by atoms with van der Waals surface area (Å²) in [6.07, 6.45) is 1.30. The van der Waals surface area contributed by atoms with E-state index in [1.54, 1.807) is 22.9 Å². The third kappa shape index (κ3) is 2.56. The largest absolute Gasteiger partial charge is 0.369 e. The van der Waals surface area contributed by atoms with Crippen LogP contribution in [-0.2, 0) is 12.8 Å². The van der Waals surface area contributed by atoms with E-state index in [1.165, 1.54) is 6.07 Å². The number of rotatable bonds is 3. The van der Waals surface area contributed by atoms with Gasteiger partial charge in [-0.2, -0.15) is 5.10 Å². The van der Waals surface area contributed by atoms with Crippen LogP contribution in [0.5, 0.6) is 0 Å². The van der Waals surface area contributed by atoms with E-state index in [1.807, 2.05) is 18.2 Å². The van der Waals surface area contributed by atoms with Gasteiger partial charge in [0.15, 0.2) is 0 Å². The Balaban J connectivity index is 1.81. The maximum Gasteiger partial charge on any atom is 0.133 e. The molecule has 0 amide bonds. The minimum atomic E-state index is -0.215. The third-order valence-corrected chi connectivity index (χ3v) is 5.02. The molecule has 2 heterocycles. The molecule has 6 heteroatoms. The summed E-state index contributed by atoms with van der Waals surface area (Å²) >= 11 is 12.5. The van der Waals surface area contributed by atoms with Crippen LogP contribution < -0.4 is 5.32 Å². The van der Waals surface area contributed by atoms with Gasteiger partial charge in [0.2, 0.25) is 0 Å². The molecule has 0 fully saturated rings. The van der Waals surface area contributed by atoms with Gasteiger partial charge in [-0.1, -0.05) is 47.5 Å². The number of nitrogens with zero attached hydrogens (tertiary/aromatic N) is 2. The molecule has 1 aliphatic heterocycles. The Kier molecular flexibility index (Phi) is 3.94. The third-order valence-electron chi connectivity index (χ3n) is 4.21. The number of fused-ring (bicyclic) bond motifs is 1. The second-order valence-corrected chi connectivity index (χ2v) is 6.49. The summed E-state index contributed by atoms with van der Waals surface area (Å²) in [6.45, 7) is 0.829. The first-order chi connectivity index (χ1) is 11.6. The molecule has 0 aliphatic carbocycles. The fourth-order valence-electron chi connectivity index (χ4n) is 3.04. The summed E-state index contributed by atoms with van der Waals surface area (Å²) in [4.78, 5) is 0. The maximum atomic E-state index is 14.0. The molecule has 3 aromatic rings. The Labute approximate surface area is 149 Å². The van der Waals surface area contributed by atoms with Gasteiger partial charge in [0.05, 0.1) is 21.4 Å². The average Bonchev–Trinajstić information content (AvgIpc) is 3.16. The number of benzene rings is 2. The van der Waals surface area contributed by atoms with Crippen LogP contribution in [0.25, 0.3) is 5.69 Å². The van der Waals surface area contributed by atoms with Crippen molar-refractivity contribution in [2.45, 2.75) is 12.8 Å². The standard InChI is InChI=1S/C18H14Cl2FN3/c19-13-5-3-7-16(17(13)20)24-18-12(8-9-22-18)15(23-24)10-11-4-1-2-6-14(11)21/h1-7,22H,8-10H2. The molecule has 24 heavy (non-hydrogen) atoms. The van der Waals surface area contributed by atoms with Gasteiger partial charge in [0, 0.05) is 18.5 Å². The Morgan fingerprint density at radius 3 is 2.79 bits per heavy atom. The SMILES string of the molecule is Fc1ccccc1Cc1nn(-c2cccc(Cl)c2Cl)c2c1CCN2. The Morgan fingerprint density at radius 2 is 1.96 bits per heavy atom. The molecule has 2 aromatic carbocycles. The van der Waals surface area contributed by atoms with Gasteiger partial charge >= 0.3 is 0 Å². The number of halogens is 3. The summed E-state index contributed by atoms with van der Waals surface area (Å²) < 4.78 is 15.8. The van der Waals surface area contributed by atoms with E-state index in [4.69, 9.17) is 23.2 Å². The van der Waals surface area contributed by atoms with E-state index in [0.29, 0.717) is 22.0 Å². The minimum absolute atomic E-state index is 0.215. The quantitative estimate of drug-likeness (QED) is 0.720. The van der Waals surface area contributed by atoms with Gasteiger partial charge < -0.3 is 5.32 Å². The van der Waals surface area contributed by atoms with E-state index < -0.39 is 0 Å². The van der Waals surface area contributed by atoms with Crippen molar-refractivity contribution in [2.75, 3.05) is 11.9 Å². The van der Waals surface area contributed by atoms with E-state index >= 15 is 0 Å². The molecule has 0 atom stereocenters. The van der Waals surface area contributed by atoms with Gasteiger partial charge in [-0.25, -0.2) is 9.07 Å². The molecule has 1 aliphatic rings. The highest BCUT2D eigenvalue weighted by Crippen LogP contribution is 2.35. The van der Waals surface area contributed by atoms with Crippen molar-refractivity contribution >= 4 is 29.0 Å². The van der Waals surface area contributed by atoms with Crippen LogP contribution in [0.15, 0.2) is 42.5 Å². The van der Waals surface area contributed by atoms with Crippen LogP contribution in [0.1, 0.15) is 16.8 Å². The van der Waals surface area contributed by atoms with Crippen molar-refractivity contribution in [2.24, 2.45) is 0 Å². The van der Waals surface area contributed by atoms with E-state index in [9.17, 15) is 4.39 Å². The minimum Gasteiger partial charge on any atom is -0.369 e. The predicted molar refractivity (Wildman–Crippen MR) is 95.0 cm³/mol. The van der Waals surface area contributed by atoms with Crippen LogP contribution in [0, 0.1) is 5.82 Å². The fourth-order valence-corrected chi connectivity index (χ4v) is 3.42. The second kappa shape index (κ2) is 6.11. The van der Waals surface area contributed by atoms with E-state index in [2.05, 4.69) is 10.4 Å². The summed E-state index contributed by atoms with van der Waals surface area (Å²) in [5.74, 6) is 0.693. The van der Waals surface area contributed by atoms with Gasteiger partial charge in [-0.15, -0.1) is 0 Å². The van der Waals surface area contributed by atoms with Gasteiger partial charge in [-0.3, -0.25) is 0 Å². The van der Waals surface area contributed by atoms with Gasteiger partial charge in [0.25, 0.3) is 0 Å². The number of aromatic nitrogens is 2. The van der Waals surface area contributed by atoms with Crippen molar-refractivity contribution in [1.29, 1.82) is 0 Å². The molecule has 0 saturated carbocycles. The lowest BCUT2D eigenvalue weighted by Gasteiger charge is -2.09. The topological polar surface area (TPSA) is 29.9 Å². The van der Waals surface area contributed by atoms with Crippen molar-refractivity contribution in [3.8, 4) is 5.69 Å². The molecule has 0 unspecified atom stereocenters. The van der Waals surface area contributed by atoms with Crippen LogP contribution >= 0.6 is 23.2 Å². The molecular weight excluding hydrogens is 348 g/mol. The molecule has 0 saturated heterocycles. The fraction of sp³-hybridized carbons (Fsp3) is 0.167. The Morgan fingerprint density at radius 1 is 1.12 bits per heavy atom. The summed E-state index contributed by atoms with van der Waals surface area (Å²) in [5.41, 5.74) is 3.31. The number of anilines is 1. The predicted octanol–water partition coefficient (Wildman–Crippen LogP) is 4.88. The lowest BCUT2D eigenvalue weighted by atomic mass is 10.1. The van der Waals surface area contributed by atoms with E-state index in [-0.39, 0.29) is 5.82 Å². The molecule has 0 bridgehead atoms. The zero-order valence-electron chi connectivity index (χ0n) is 12.7. The molecule has 1 aromatic heterocycles. The number of hydrogen-bond donors (Lipinski definition) is 1. The normalized spacial score (nSPS) is 13.0. The first-order valence-corrected chi connectivity index (χ1v) is 8.43. The maximum absolute atomic E-state index is 14.0. The highest BCUT2D eigenvalue weighted by atomic mass is 35.5. The van der Waals surface area contributed by atoms with Crippen LogP contribution in [0.2, 0.25) is 10.0 Å². The van der Waals surface area contributed by atoms with Crippen LogP contribution in [0.3, 0.4) is 0 Å². The second-order valence-electron chi connectivity index (χ2n) is 5.70. The molecule has 3 nitrogen and oxygen atoms in total. The number of nitrogens with one attached hydrogen (secondary N) is 1. The van der Waals surface area contributed by atoms with Crippen molar-refractivity contribution in [1.82, 2.24) is 9.78 Å². The van der Waals surface area contributed by atoms with Crippen LogP contribution in [0.4, 0.5) is 10.2 Å². The Hall–Kier alpha value is -2.04. The van der Waals surface area contributed by atoms with E-state index in [0.717, 1.165) is 35.7 Å². The molecule has 4 rings (SSSR count). The summed E-state index contributed by atoms with van der Waals surface area (Å²) in [6, 6.07) is 12.2. The van der Waals surface area contributed by atoms with Crippen molar-refractivity contribution < 1.29 is 4.39 Å². The smallest absolute Gasteiger partial charge is 0.133 e.